The van der Waals surface area contributed by atoms with Gasteiger partial charge in [0.05, 0.1) is 5.57 Å². The maximum atomic E-state index is 12.5. The average molecular weight is 400 g/mol. The van der Waals surface area contributed by atoms with Crippen molar-refractivity contribution in [2.45, 2.75) is 31.2 Å². The quantitative estimate of drug-likeness (QED) is 0.715. The number of aliphatic imine (C=N–C) groups is 1. The molecule has 3 rings (SSSR count). The zero-order chi connectivity index (χ0) is 19.2. The molecule has 2 atom stereocenters. The third-order valence-corrected chi connectivity index (χ3v) is 4.69. The van der Waals surface area contributed by atoms with Crippen LogP contribution >= 0.6 is 12.4 Å². The molecule has 0 saturated carbocycles. The van der Waals surface area contributed by atoms with E-state index in [4.69, 9.17) is 0 Å². The van der Waals surface area contributed by atoms with Crippen molar-refractivity contribution in [2.75, 3.05) is 0 Å². The van der Waals surface area contributed by atoms with Gasteiger partial charge < -0.3 is 10.2 Å². The molecule has 2 aromatic rings. The third-order valence-electron chi connectivity index (χ3n) is 4.69. The first-order chi connectivity index (χ1) is 13.0. The molecule has 0 aliphatic heterocycles. The number of carboxylic acid groups (broad SMARTS) is 1. The third kappa shape index (κ3) is 5.30. The molecule has 2 aromatic carbocycles. The monoisotopic (exact) mass is 399 g/mol. The van der Waals surface area contributed by atoms with Gasteiger partial charge in [0.15, 0.2) is 11.8 Å². The number of halogens is 1. The molecule has 5 nitrogen and oxygen atoms in total. The van der Waals surface area contributed by atoms with Gasteiger partial charge in [0.2, 0.25) is 0 Å². The number of aliphatic hydroxyl groups excluding tert-OH is 1. The summed E-state index contributed by atoms with van der Waals surface area (Å²) in [5, 5.41) is 19.7. The number of carbonyl (C=O) groups excluding carboxylic acids is 1. The van der Waals surface area contributed by atoms with Crippen molar-refractivity contribution in [3.8, 4) is 0 Å². The number of ketones is 1. The van der Waals surface area contributed by atoms with Gasteiger partial charge in [0.1, 0.15) is 5.76 Å². The molecule has 0 bridgehead atoms. The maximum absolute atomic E-state index is 12.5. The van der Waals surface area contributed by atoms with Crippen LogP contribution in [0.4, 0.5) is 0 Å². The largest absolute Gasteiger partial charge is 0.511 e. The molecule has 0 radical (unpaired) electrons. The normalized spacial score (nSPS) is 18.0. The van der Waals surface area contributed by atoms with Crippen LogP contribution in [0.5, 0.6) is 0 Å². The van der Waals surface area contributed by atoms with Gasteiger partial charge in [-0.05, 0) is 17.0 Å². The second kappa shape index (κ2) is 9.85. The zero-order valence-corrected chi connectivity index (χ0v) is 16.0. The van der Waals surface area contributed by atoms with Crippen LogP contribution in [0.25, 0.3) is 0 Å². The molecular formula is C22H22ClNO4. The van der Waals surface area contributed by atoms with Crippen molar-refractivity contribution >= 4 is 30.4 Å². The van der Waals surface area contributed by atoms with Crippen LogP contribution in [0.3, 0.4) is 0 Å². The molecule has 0 saturated heterocycles. The maximum Gasteiger partial charge on any atom is 0.328 e. The number of rotatable bonds is 6. The number of hydrogen-bond acceptors (Lipinski definition) is 4. The summed E-state index contributed by atoms with van der Waals surface area (Å²) in [6, 6.07) is 17.8. The lowest BCUT2D eigenvalue weighted by Crippen LogP contribution is -2.23. The van der Waals surface area contributed by atoms with Crippen molar-refractivity contribution in [2.24, 2.45) is 4.99 Å². The lowest BCUT2D eigenvalue weighted by Gasteiger charge is -2.22. The first-order valence-corrected chi connectivity index (χ1v) is 8.84. The summed E-state index contributed by atoms with van der Waals surface area (Å²) in [4.78, 5) is 28.0. The van der Waals surface area contributed by atoms with E-state index in [2.05, 4.69) is 4.99 Å². The van der Waals surface area contributed by atoms with Crippen LogP contribution in [0.1, 0.15) is 29.9 Å². The number of aliphatic hydroxyl groups is 1. The topological polar surface area (TPSA) is 87.0 Å². The van der Waals surface area contributed by atoms with Crippen molar-refractivity contribution in [3.63, 3.8) is 0 Å². The average Bonchev–Trinajstić information content (AvgIpc) is 2.67. The minimum atomic E-state index is -1.07. The number of Topliss-reactive ketones (excluding diaryl/α,β-unsaturated/α-hetero) is 1. The molecule has 28 heavy (non-hydrogen) atoms. The van der Waals surface area contributed by atoms with E-state index < -0.39 is 12.0 Å². The number of aliphatic carboxylic acids is 1. The second-order valence-electron chi connectivity index (χ2n) is 6.62. The standard InChI is InChI=1S/C22H21NO4.ClH/c24-20-12-17(16-9-5-2-6-10-16)13-21(25)18(20)14-23-19(22(26)27)11-15-7-3-1-4-8-15;/h1-10,14,17,19,24H,11-13H2,(H,26,27);1H. The Labute approximate surface area is 169 Å². The van der Waals surface area contributed by atoms with Crippen LogP contribution in [0.2, 0.25) is 0 Å². The second-order valence-corrected chi connectivity index (χ2v) is 6.62. The fourth-order valence-corrected chi connectivity index (χ4v) is 3.22. The van der Waals surface area contributed by atoms with E-state index in [9.17, 15) is 19.8 Å². The smallest absolute Gasteiger partial charge is 0.328 e. The number of benzene rings is 2. The number of carbonyl (C=O) groups is 2. The van der Waals surface area contributed by atoms with Crippen LogP contribution < -0.4 is 0 Å². The molecular weight excluding hydrogens is 378 g/mol. The Hall–Kier alpha value is -2.92. The van der Waals surface area contributed by atoms with Crippen molar-refractivity contribution in [3.05, 3.63) is 83.1 Å². The van der Waals surface area contributed by atoms with Crippen LogP contribution in [-0.4, -0.2) is 34.2 Å². The Morgan fingerprint density at radius 3 is 2.25 bits per heavy atom. The number of carboxylic acids is 1. The highest BCUT2D eigenvalue weighted by atomic mass is 35.5. The molecule has 6 heteroatoms. The summed E-state index contributed by atoms with van der Waals surface area (Å²) in [7, 11) is 0. The van der Waals surface area contributed by atoms with Gasteiger partial charge in [0, 0.05) is 25.5 Å². The SMILES string of the molecule is Cl.O=C1CC(c2ccccc2)CC(O)=C1C=NC(Cc1ccccc1)C(=O)O. The van der Waals surface area contributed by atoms with E-state index in [0.29, 0.717) is 6.42 Å². The Balaban J connectivity index is 0.00000280. The number of nitrogens with zero attached hydrogens (tertiary/aromatic N) is 1. The molecule has 2 N–H and O–H groups in total. The molecule has 0 heterocycles. The van der Waals surface area contributed by atoms with Gasteiger partial charge in [-0.3, -0.25) is 9.79 Å². The van der Waals surface area contributed by atoms with E-state index in [0.717, 1.165) is 11.1 Å². The highest BCUT2D eigenvalue weighted by Gasteiger charge is 2.28. The highest BCUT2D eigenvalue weighted by molar-refractivity contribution is 6.14. The Morgan fingerprint density at radius 2 is 1.68 bits per heavy atom. The molecule has 1 aliphatic rings. The summed E-state index contributed by atoms with van der Waals surface area (Å²) in [5.41, 5.74) is 1.96. The zero-order valence-electron chi connectivity index (χ0n) is 15.2. The molecule has 1 aliphatic carbocycles. The van der Waals surface area contributed by atoms with Crippen molar-refractivity contribution in [1.29, 1.82) is 0 Å². The van der Waals surface area contributed by atoms with Gasteiger partial charge in [-0.2, -0.15) is 0 Å². The minimum absolute atomic E-state index is 0. The predicted molar refractivity (Wildman–Crippen MR) is 110 cm³/mol. The number of allylic oxidation sites excluding steroid dienone is 2. The van der Waals surface area contributed by atoms with Crippen molar-refractivity contribution in [1.82, 2.24) is 0 Å². The lowest BCUT2D eigenvalue weighted by atomic mass is 9.83. The Kier molecular flexibility index (Phi) is 7.52. The van der Waals surface area contributed by atoms with E-state index in [-0.39, 0.29) is 48.3 Å². The van der Waals surface area contributed by atoms with E-state index >= 15 is 0 Å². The van der Waals surface area contributed by atoms with Gasteiger partial charge >= 0.3 is 5.97 Å². The highest BCUT2D eigenvalue weighted by Crippen LogP contribution is 2.32. The van der Waals surface area contributed by atoms with Gasteiger partial charge in [-0.15, -0.1) is 12.4 Å². The Bertz CT molecular complexity index is 878. The van der Waals surface area contributed by atoms with Crippen LogP contribution in [-0.2, 0) is 16.0 Å². The van der Waals surface area contributed by atoms with Gasteiger partial charge in [-0.25, -0.2) is 4.79 Å². The fraction of sp³-hybridized carbons (Fsp3) is 0.227. The Morgan fingerprint density at radius 1 is 1.07 bits per heavy atom. The first-order valence-electron chi connectivity index (χ1n) is 8.84. The molecule has 0 fully saturated rings. The molecule has 2 unspecified atom stereocenters. The van der Waals surface area contributed by atoms with Crippen LogP contribution in [0.15, 0.2) is 77.0 Å². The molecule has 146 valence electrons. The van der Waals surface area contributed by atoms with Gasteiger partial charge in [0.25, 0.3) is 0 Å². The fourth-order valence-electron chi connectivity index (χ4n) is 3.22. The van der Waals surface area contributed by atoms with E-state index in [1.54, 1.807) is 0 Å². The molecule has 0 spiro atoms. The number of hydrogen-bond donors (Lipinski definition) is 2. The molecule has 0 amide bonds. The summed E-state index contributed by atoms with van der Waals surface area (Å²) < 4.78 is 0. The summed E-state index contributed by atoms with van der Waals surface area (Å²) in [6.45, 7) is 0. The summed E-state index contributed by atoms with van der Waals surface area (Å²) in [6.07, 6.45) is 2.06. The van der Waals surface area contributed by atoms with E-state index in [1.165, 1.54) is 6.21 Å². The summed E-state index contributed by atoms with van der Waals surface area (Å²) in [5.74, 6) is -1.40. The predicted octanol–water partition coefficient (Wildman–Crippen LogP) is 4.13. The lowest BCUT2D eigenvalue weighted by molar-refractivity contribution is -0.138. The van der Waals surface area contributed by atoms with Crippen molar-refractivity contribution < 1.29 is 19.8 Å². The van der Waals surface area contributed by atoms with Gasteiger partial charge in [-0.1, -0.05) is 60.7 Å². The minimum Gasteiger partial charge on any atom is -0.511 e. The summed E-state index contributed by atoms with van der Waals surface area (Å²) >= 11 is 0. The molecule has 0 aromatic heterocycles. The van der Waals surface area contributed by atoms with Crippen LogP contribution in [0, 0.1) is 0 Å². The van der Waals surface area contributed by atoms with E-state index in [1.807, 2.05) is 60.7 Å². The first kappa shape index (κ1) is 21.4.